The lowest BCUT2D eigenvalue weighted by molar-refractivity contribution is -0.917. The van der Waals surface area contributed by atoms with Crippen LogP contribution in [0.15, 0.2) is 48.5 Å². The average Bonchev–Trinajstić information content (AvgIpc) is 3.18. The Kier molecular flexibility index (Phi) is 3.35. The molecule has 0 amide bonds. The molecule has 0 saturated carbocycles. The van der Waals surface area contributed by atoms with Crippen LogP contribution in [-0.2, 0) is 16.1 Å². The summed E-state index contributed by atoms with van der Waals surface area (Å²) in [7, 11) is 0. The summed E-state index contributed by atoms with van der Waals surface area (Å²) in [5.41, 5.74) is 2.44. The van der Waals surface area contributed by atoms with Gasteiger partial charge in [0.05, 0.1) is 19.6 Å². The topological polar surface area (TPSA) is 31.2 Å². The van der Waals surface area contributed by atoms with Crippen LogP contribution in [0.4, 0.5) is 0 Å². The Morgan fingerprint density at radius 3 is 2.20 bits per heavy atom. The molecule has 25 heavy (non-hydrogen) atoms. The number of para-hydroxylation sites is 2. The molecule has 0 aliphatic carbocycles. The third kappa shape index (κ3) is 2.44. The maximum Gasteiger partial charge on any atom is 0.362 e. The summed E-state index contributed by atoms with van der Waals surface area (Å²) in [6.07, 6.45) is 2.42. The van der Waals surface area contributed by atoms with Crippen molar-refractivity contribution in [3.05, 3.63) is 48.5 Å². The van der Waals surface area contributed by atoms with Gasteiger partial charge in [-0.3, -0.25) is 0 Å². The van der Waals surface area contributed by atoms with Crippen LogP contribution in [0.25, 0.3) is 21.8 Å². The lowest BCUT2D eigenvalue weighted by atomic mass is 10.2. The van der Waals surface area contributed by atoms with Gasteiger partial charge < -0.3 is 13.8 Å². The molecule has 4 heteroatoms. The fourth-order valence-corrected chi connectivity index (χ4v) is 4.88. The van der Waals surface area contributed by atoms with Crippen LogP contribution in [-0.4, -0.2) is 47.3 Å². The maximum absolute atomic E-state index is 12.2. The molecular formula is C21H23N2O2+. The van der Waals surface area contributed by atoms with Crippen LogP contribution >= 0.6 is 0 Å². The predicted octanol–water partition coefficient (Wildman–Crippen LogP) is 3.33. The first-order chi connectivity index (χ1) is 12.2. The van der Waals surface area contributed by atoms with Crippen molar-refractivity contribution in [1.29, 1.82) is 0 Å². The van der Waals surface area contributed by atoms with E-state index in [1.54, 1.807) is 0 Å². The third-order valence-electron chi connectivity index (χ3n) is 5.93. The van der Waals surface area contributed by atoms with E-state index in [1.165, 1.54) is 34.6 Å². The lowest BCUT2D eigenvalue weighted by Gasteiger charge is -2.40. The highest BCUT2D eigenvalue weighted by Crippen LogP contribution is 2.31. The normalized spacial score (nSPS) is 22.7. The van der Waals surface area contributed by atoms with E-state index in [0.717, 1.165) is 30.7 Å². The highest BCUT2D eigenvalue weighted by molar-refractivity contribution is 6.07. The van der Waals surface area contributed by atoms with E-state index < -0.39 is 0 Å². The number of hydrogen-bond acceptors (Lipinski definition) is 2. The van der Waals surface area contributed by atoms with E-state index >= 15 is 0 Å². The number of fused-ring (bicyclic) bond motifs is 3. The molecule has 1 spiro atoms. The molecule has 3 heterocycles. The number of cyclic esters (lactones) is 1. The summed E-state index contributed by atoms with van der Waals surface area (Å²) >= 11 is 0. The molecule has 0 bridgehead atoms. The minimum absolute atomic E-state index is 0.0288. The van der Waals surface area contributed by atoms with E-state index in [-0.39, 0.29) is 12.1 Å². The van der Waals surface area contributed by atoms with E-state index in [9.17, 15) is 4.79 Å². The Bertz CT molecular complexity index is 900. The molecule has 2 aromatic carbocycles. The van der Waals surface area contributed by atoms with Crippen molar-refractivity contribution in [2.75, 3.05) is 26.2 Å². The zero-order chi connectivity index (χ0) is 16.9. The molecule has 0 N–H and O–H groups in total. The quantitative estimate of drug-likeness (QED) is 0.531. The summed E-state index contributed by atoms with van der Waals surface area (Å²) in [5, 5.41) is 2.54. The second-order valence-corrected chi connectivity index (χ2v) is 7.59. The predicted molar refractivity (Wildman–Crippen MR) is 98.3 cm³/mol. The van der Waals surface area contributed by atoms with Gasteiger partial charge in [-0.25, -0.2) is 4.79 Å². The van der Waals surface area contributed by atoms with Gasteiger partial charge in [-0.05, 0) is 12.1 Å². The van der Waals surface area contributed by atoms with Gasteiger partial charge in [0.1, 0.15) is 6.54 Å². The van der Waals surface area contributed by atoms with Gasteiger partial charge in [0.15, 0.2) is 12.6 Å². The highest BCUT2D eigenvalue weighted by Gasteiger charge is 2.42. The van der Waals surface area contributed by atoms with Crippen molar-refractivity contribution in [2.45, 2.75) is 25.5 Å². The van der Waals surface area contributed by atoms with Gasteiger partial charge in [0.2, 0.25) is 0 Å². The molecule has 4 nitrogen and oxygen atoms in total. The molecule has 1 atom stereocenters. The van der Waals surface area contributed by atoms with Crippen molar-refractivity contribution in [3.63, 3.8) is 0 Å². The standard InChI is InChI=1S/C21H23N2O2/c24-21-15-23(11-5-6-12-23)14-16(25-21)13-22-19-9-3-1-7-17(19)18-8-2-4-10-20(18)22/h1-4,7-10,16H,5-6,11-15H2/q+1/t16-/m1/s1. The smallest absolute Gasteiger partial charge is 0.362 e. The number of ether oxygens (including phenoxy) is 1. The molecule has 3 aromatic rings. The van der Waals surface area contributed by atoms with Gasteiger partial charge in [-0.15, -0.1) is 0 Å². The fraction of sp³-hybridized carbons (Fsp3) is 0.381. The van der Waals surface area contributed by atoms with Crippen molar-refractivity contribution < 1.29 is 14.0 Å². The van der Waals surface area contributed by atoms with Crippen LogP contribution in [0.2, 0.25) is 0 Å². The molecule has 128 valence electrons. The molecule has 2 aliphatic rings. The average molecular weight is 335 g/mol. The summed E-state index contributed by atoms with van der Waals surface area (Å²) in [6, 6.07) is 17.0. The molecule has 0 unspecified atom stereocenters. The Balaban J connectivity index is 1.56. The number of morpholine rings is 1. The third-order valence-corrected chi connectivity index (χ3v) is 5.93. The first-order valence-corrected chi connectivity index (χ1v) is 9.25. The Morgan fingerprint density at radius 1 is 0.960 bits per heavy atom. The monoisotopic (exact) mass is 335 g/mol. The van der Waals surface area contributed by atoms with Crippen LogP contribution in [0, 0.1) is 0 Å². The molecule has 2 aliphatic heterocycles. The second kappa shape index (κ2) is 5.60. The van der Waals surface area contributed by atoms with Gasteiger partial charge >= 0.3 is 5.97 Å². The number of hydrogen-bond donors (Lipinski definition) is 0. The van der Waals surface area contributed by atoms with Gasteiger partial charge in [-0.2, -0.15) is 0 Å². The number of benzene rings is 2. The number of carbonyl (C=O) groups excluding carboxylic acids is 1. The zero-order valence-corrected chi connectivity index (χ0v) is 14.4. The maximum atomic E-state index is 12.2. The molecule has 5 rings (SSSR count). The highest BCUT2D eigenvalue weighted by atomic mass is 16.5. The SMILES string of the molecule is O=C1C[N+]2(CCCC2)C[C@@H](Cn2c3ccccc3c3ccccc32)O1. The molecular weight excluding hydrogens is 312 g/mol. The summed E-state index contributed by atoms with van der Waals surface area (Å²) in [5.74, 6) is -0.0288. The van der Waals surface area contributed by atoms with Crippen LogP contribution in [0.5, 0.6) is 0 Å². The van der Waals surface area contributed by atoms with Crippen molar-refractivity contribution in [3.8, 4) is 0 Å². The number of esters is 1. The Morgan fingerprint density at radius 2 is 1.56 bits per heavy atom. The lowest BCUT2D eigenvalue weighted by Crippen LogP contribution is -2.58. The number of aromatic nitrogens is 1. The molecule has 2 saturated heterocycles. The van der Waals surface area contributed by atoms with E-state index in [2.05, 4.69) is 53.1 Å². The number of rotatable bonds is 2. The van der Waals surface area contributed by atoms with Gasteiger partial charge in [-0.1, -0.05) is 36.4 Å². The fourth-order valence-electron chi connectivity index (χ4n) is 4.88. The van der Waals surface area contributed by atoms with Crippen LogP contribution in [0.1, 0.15) is 12.8 Å². The van der Waals surface area contributed by atoms with E-state index in [4.69, 9.17) is 4.74 Å². The minimum Gasteiger partial charge on any atom is -0.450 e. The van der Waals surface area contributed by atoms with Crippen LogP contribution in [0.3, 0.4) is 0 Å². The summed E-state index contributed by atoms with van der Waals surface area (Å²) in [6.45, 7) is 4.49. The van der Waals surface area contributed by atoms with E-state index in [1.807, 2.05) is 0 Å². The second-order valence-electron chi connectivity index (χ2n) is 7.59. The largest absolute Gasteiger partial charge is 0.450 e. The number of quaternary nitrogens is 1. The minimum atomic E-state index is -0.0430. The van der Waals surface area contributed by atoms with Gasteiger partial charge in [0, 0.05) is 34.6 Å². The zero-order valence-electron chi connectivity index (χ0n) is 14.4. The molecule has 1 aromatic heterocycles. The van der Waals surface area contributed by atoms with E-state index in [0.29, 0.717) is 6.54 Å². The first kappa shape index (κ1) is 15.0. The molecule has 0 radical (unpaired) electrons. The molecule has 2 fully saturated rings. The van der Waals surface area contributed by atoms with Gasteiger partial charge in [0.25, 0.3) is 0 Å². The van der Waals surface area contributed by atoms with Crippen molar-refractivity contribution in [1.82, 2.24) is 4.57 Å². The summed E-state index contributed by atoms with van der Waals surface area (Å²) in [4.78, 5) is 12.2. The van der Waals surface area contributed by atoms with Crippen molar-refractivity contribution >= 4 is 27.8 Å². The number of carbonyl (C=O) groups is 1. The first-order valence-electron chi connectivity index (χ1n) is 9.25. The number of nitrogens with zero attached hydrogens (tertiary/aromatic N) is 2. The van der Waals surface area contributed by atoms with Crippen molar-refractivity contribution in [2.24, 2.45) is 0 Å². The Hall–Kier alpha value is -2.33. The van der Waals surface area contributed by atoms with Crippen LogP contribution < -0.4 is 0 Å². The Labute approximate surface area is 147 Å². The summed E-state index contributed by atoms with van der Waals surface area (Å²) < 4.78 is 9.03.